The lowest BCUT2D eigenvalue weighted by atomic mass is 10.0. The SMILES string of the molecule is CC(O)c1cccn1CC1CSc2ccccc21. The molecule has 1 aliphatic rings. The van der Waals surface area contributed by atoms with E-state index in [0.717, 1.165) is 18.0 Å². The number of thioether (sulfide) groups is 1. The lowest BCUT2D eigenvalue weighted by molar-refractivity contribution is 0.188. The molecule has 1 aromatic carbocycles. The van der Waals surface area contributed by atoms with Crippen molar-refractivity contribution in [3.63, 3.8) is 0 Å². The second-order valence-electron chi connectivity index (χ2n) is 4.81. The number of nitrogens with zero attached hydrogens (tertiary/aromatic N) is 1. The summed E-state index contributed by atoms with van der Waals surface area (Å²) < 4.78 is 2.18. The van der Waals surface area contributed by atoms with Gasteiger partial charge in [0.15, 0.2) is 0 Å². The van der Waals surface area contributed by atoms with Crippen molar-refractivity contribution in [2.24, 2.45) is 0 Å². The van der Waals surface area contributed by atoms with E-state index in [1.165, 1.54) is 10.5 Å². The molecule has 0 amide bonds. The lowest BCUT2D eigenvalue weighted by Gasteiger charge is -2.16. The van der Waals surface area contributed by atoms with E-state index in [1.54, 1.807) is 0 Å². The summed E-state index contributed by atoms with van der Waals surface area (Å²) in [6.07, 6.45) is 1.66. The normalized spacial score (nSPS) is 19.8. The molecule has 0 saturated heterocycles. The lowest BCUT2D eigenvalue weighted by Crippen LogP contribution is -2.11. The summed E-state index contributed by atoms with van der Waals surface area (Å²) in [5, 5.41) is 9.74. The van der Waals surface area contributed by atoms with Crippen molar-refractivity contribution in [1.29, 1.82) is 0 Å². The van der Waals surface area contributed by atoms with Crippen LogP contribution in [0, 0.1) is 0 Å². The number of rotatable bonds is 3. The highest BCUT2D eigenvalue weighted by atomic mass is 32.2. The molecule has 1 aliphatic heterocycles. The van der Waals surface area contributed by atoms with Gasteiger partial charge < -0.3 is 9.67 Å². The first kappa shape index (κ1) is 11.9. The van der Waals surface area contributed by atoms with Gasteiger partial charge in [0.1, 0.15) is 0 Å². The Morgan fingerprint density at radius 3 is 3.00 bits per heavy atom. The number of aliphatic hydroxyl groups excluding tert-OH is 1. The molecule has 0 aliphatic carbocycles. The quantitative estimate of drug-likeness (QED) is 0.913. The first-order chi connectivity index (χ1) is 8.75. The van der Waals surface area contributed by atoms with Crippen LogP contribution in [0.4, 0.5) is 0 Å². The fourth-order valence-corrected chi connectivity index (χ4v) is 3.83. The predicted molar refractivity (Wildman–Crippen MR) is 75.0 cm³/mol. The Bertz CT molecular complexity index is 547. The third-order valence-electron chi connectivity index (χ3n) is 3.51. The maximum atomic E-state index is 9.74. The average molecular weight is 259 g/mol. The average Bonchev–Trinajstić information content (AvgIpc) is 2.97. The zero-order valence-electron chi connectivity index (χ0n) is 10.4. The fourth-order valence-electron chi connectivity index (χ4n) is 2.59. The number of aromatic nitrogens is 1. The zero-order chi connectivity index (χ0) is 12.5. The molecule has 3 heteroatoms. The summed E-state index contributed by atoms with van der Waals surface area (Å²) in [7, 11) is 0. The second kappa shape index (κ2) is 4.82. The van der Waals surface area contributed by atoms with Crippen LogP contribution in [0.2, 0.25) is 0 Å². The van der Waals surface area contributed by atoms with Crippen LogP contribution in [-0.2, 0) is 6.54 Å². The summed E-state index contributed by atoms with van der Waals surface area (Å²) in [4.78, 5) is 1.41. The van der Waals surface area contributed by atoms with Crippen molar-refractivity contribution in [1.82, 2.24) is 4.57 Å². The summed E-state index contributed by atoms with van der Waals surface area (Å²) >= 11 is 1.94. The van der Waals surface area contributed by atoms with Crippen LogP contribution in [0.5, 0.6) is 0 Å². The highest BCUT2D eigenvalue weighted by Crippen LogP contribution is 2.40. The third-order valence-corrected chi connectivity index (χ3v) is 4.76. The summed E-state index contributed by atoms with van der Waals surface area (Å²) in [5.74, 6) is 1.69. The molecular formula is C15H17NOS. The Morgan fingerprint density at radius 1 is 1.33 bits per heavy atom. The van der Waals surface area contributed by atoms with Crippen LogP contribution >= 0.6 is 11.8 Å². The monoisotopic (exact) mass is 259 g/mol. The number of aliphatic hydroxyl groups is 1. The van der Waals surface area contributed by atoms with Crippen molar-refractivity contribution < 1.29 is 5.11 Å². The topological polar surface area (TPSA) is 25.2 Å². The van der Waals surface area contributed by atoms with E-state index in [4.69, 9.17) is 0 Å². The molecule has 0 spiro atoms. The Kier molecular flexibility index (Phi) is 3.18. The molecule has 2 aromatic rings. The van der Waals surface area contributed by atoms with Crippen LogP contribution in [0.15, 0.2) is 47.5 Å². The van der Waals surface area contributed by atoms with Crippen molar-refractivity contribution in [3.05, 3.63) is 53.9 Å². The van der Waals surface area contributed by atoms with E-state index in [9.17, 15) is 5.11 Å². The molecule has 2 nitrogen and oxygen atoms in total. The first-order valence-corrected chi connectivity index (χ1v) is 7.29. The van der Waals surface area contributed by atoms with Gasteiger partial charge in [0.2, 0.25) is 0 Å². The van der Waals surface area contributed by atoms with Gasteiger partial charge >= 0.3 is 0 Å². The van der Waals surface area contributed by atoms with Crippen LogP contribution < -0.4 is 0 Å². The predicted octanol–water partition coefficient (Wildman–Crippen LogP) is 3.43. The Balaban J connectivity index is 1.84. The van der Waals surface area contributed by atoms with Gasteiger partial charge in [-0.15, -0.1) is 11.8 Å². The van der Waals surface area contributed by atoms with Crippen molar-refractivity contribution in [3.8, 4) is 0 Å². The van der Waals surface area contributed by atoms with Crippen molar-refractivity contribution >= 4 is 11.8 Å². The number of hydrogen-bond acceptors (Lipinski definition) is 2. The second-order valence-corrected chi connectivity index (χ2v) is 5.87. The molecule has 1 aromatic heterocycles. The molecule has 0 bridgehead atoms. The molecule has 0 radical (unpaired) electrons. The number of benzene rings is 1. The minimum atomic E-state index is -0.399. The molecule has 2 heterocycles. The first-order valence-electron chi connectivity index (χ1n) is 6.30. The van der Waals surface area contributed by atoms with Gasteiger partial charge in [-0.1, -0.05) is 18.2 Å². The van der Waals surface area contributed by atoms with Crippen molar-refractivity contribution in [2.45, 2.75) is 30.4 Å². The van der Waals surface area contributed by atoms with Crippen LogP contribution in [0.1, 0.15) is 30.2 Å². The smallest absolute Gasteiger partial charge is 0.0911 e. The standard InChI is InChI=1S/C15H17NOS/c1-11(17)14-6-4-8-16(14)9-12-10-18-15-7-3-2-5-13(12)15/h2-8,11-12,17H,9-10H2,1H3. The van der Waals surface area contributed by atoms with E-state index < -0.39 is 6.10 Å². The van der Waals surface area contributed by atoms with Crippen LogP contribution in [-0.4, -0.2) is 15.4 Å². The van der Waals surface area contributed by atoms with E-state index >= 15 is 0 Å². The highest BCUT2D eigenvalue weighted by Gasteiger charge is 2.23. The molecule has 0 saturated carbocycles. The minimum absolute atomic E-state index is 0.399. The Labute approximate surface area is 112 Å². The van der Waals surface area contributed by atoms with Gasteiger partial charge in [-0.3, -0.25) is 0 Å². The summed E-state index contributed by atoms with van der Waals surface area (Å²) in [6, 6.07) is 12.7. The van der Waals surface area contributed by atoms with Gasteiger partial charge in [-0.05, 0) is 30.7 Å². The van der Waals surface area contributed by atoms with E-state index in [1.807, 2.05) is 30.8 Å². The summed E-state index contributed by atoms with van der Waals surface area (Å²) in [6.45, 7) is 2.78. The van der Waals surface area contributed by atoms with Crippen LogP contribution in [0.3, 0.4) is 0 Å². The number of fused-ring (bicyclic) bond motifs is 1. The van der Waals surface area contributed by atoms with Gasteiger partial charge in [0, 0.05) is 35.0 Å². The van der Waals surface area contributed by atoms with E-state index in [2.05, 4.69) is 35.0 Å². The Morgan fingerprint density at radius 2 is 2.17 bits per heavy atom. The van der Waals surface area contributed by atoms with Crippen LogP contribution in [0.25, 0.3) is 0 Å². The molecule has 2 atom stereocenters. The molecule has 2 unspecified atom stereocenters. The third kappa shape index (κ3) is 2.08. The molecule has 3 rings (SSSR count). The molecule has 0 fully saturated rings. The van der Waals surface area contributed by atoms with E-state index in [0.29, 0.717) is 5.92 Å². The maximum absolute atomic E-state index is 9.74. The molecule has 1 N–H and O–H groups in total. The van der Waals surface area contributed by atoms with Gasteiger partial charge in [0.05, 0.1) is 6.10 Å². The summed E-state index contributed by atoms with van der Waals surface area (Å²) in [5.41, 5.74) is 2.46. The van der Waals surface area contributed by atoms with Gasteiger partial charge in [-0.2, -0.15) is 0 Å². The molecule has 94 valence electrons. The molecular weight excluding hydrogens is 242 g/mol. The zero-order valence-corrected chi connectivity index (χ0v) is 11.2. The fraction of sp³-hybridized carbons (Fsp3) is 0.333. The Hall–Kier alpha value is -1.19. The number of hydrogen-bond donors (Lipinski definition) is 1. The minimum Gasteiger partial charge on any atom is -0.387 e. The van der Waals surface area contributed by atoms with E-state index in [-0.39, 0.29) is 0 Å². The maximum Gasteiger partial charge on any atom is 0.0911 e. The largest absolute Gasteiger partial charge is 0.387 e. The van der Waals surface area contributed by atoms with Gasteiger partial charge in [0.25, 0.3) is 0 Å². The van der Waals surface area contributed by atoms with Gasteiger partial charge in [-0.25, -0.2) is 0 Å². The molecule has 18 heavy (non-hydrogen) atoms. The van der Waals surface area contributed by atoms with Crippen molar-refractivity contribution in [2.75, 3.05) is 5.75 Å². The highest BCUT2D eigenvalue weighted by molar-refractivity contribution is 7.99.